The Bertz CT molecular complexity index is 241. The molecule has 15 heavy (non-hydrogen) atoms. The summed E-state index contributed by atoms with van der Waals surface area (Å²) in [5.74, 6) is 0. The lowest BCUT2D eigenvalue weighted by atomic mass is 9.82. The second-order valence-corrected chi connectivity index (χ2v) is 5.83. The molecule has 3 rings (SSSR count). The Morgan fingerprint density at radius 1 is 0.933 bits per heavy atom. The third-order valence-corrected chi connectivity index (χ3v) is 4.48. The van der Waals surface area contributed by atoms with E-state index in [4.69, 9.17) is 4.74 Å². The fraction of sp³-hybridized carbons (Fsp3) is 1.00. The van der Waals surface area contributed by atoms with E-state index in [1.807, 2.05) is 0 Å². The van der Waals surface area contributed by atoms with Crippen LogP contribution < -0.4 is 0 Å². The van der Waals surface area contributed by atoms with Gasteiger partial charge >= 0.3 is 0 Å². The average molecular weight is 209 g/mol. The molecule has 0 atom stereocenters. The highest BCUT2D eigenvalue weighted by Crippen LogP contribution is 2.49. The topological polar surface area (TPSA) is 12.5 Å². The molecule has 1 saturated heterocycles. The second kappa shape index (κ2) is 3.46. The van der Waals surface area contributed by atoms with Gasteiger partial charge in [-0.3, -0.25) is 4.90 Å². The fourth-order valence-electron chi connectivity index (χ4n) is 3.47. The number of ether oxygens (including phenoxy) is 1. The Labute approximate surface area is 93.0 Å². The average Bonchev–Trinajstić information content (AvgIpc) is 2.97. The molecule has 3 fully saturated rings. The highest BCUT2D eigenvalue weighted by molar-refractivity contribution is 5.06. The van der Waals surface area contributed by atoms with Crippen molar-refractivity contribution in [2.75, 3.05) is 19.6 Å². The van der Waals surface area contributed by atoms with Crippen molar-refractivity contribution in [3.63, 3.8) is 0 Å². The van der Waals surface area contributed by atoms with Gasteiger partial charge in [-0.25, -0.2) is 0 Å². The second-order valence-electron chi connectivity index (χ2n) is 5.83. The minimum Gasteiger partial charge on any atom is -0.366 e. The Hall–Kier alpha value is -0.0800. The molecule has 2 heteroatoms. The largest absolute Gasteiger partial charge is 0.366 e. The molecular weight excluding hydrogens is 186 g/mol. The van der Waals surface area contributed by atoms with Crippen molar-refractivity contribution in [2.24, 2.45) is 0 Å². The molecule has 0 aromatic carbocycles. The normalized spacial score (nSPS) is 33.4. The lowest BCUT2D eigenvalue weighted by molar-refractivity contribution is -0.181. The molecule has 0 bridgehead atoms. The minimum atomic E-state index is 0.253. The van der Waals surface area contributed by atoms with Crippen LogP contribution in [0.1, 0.15) is 51.9 Å². The van der Waals surface area contributed by atoms with Gasteiger partial charge in [-0.1, -0.05) is 26.2 Å². The zero-order chi connectivity index (χ0) is 10.4. The van der Waals surface area contributed by atoms with Gasteiger partial charge in [0.05, 0.1) is 11.2 Å². The summed E-state index contributed by atoms with van der Waals surface area (Å²) in [4.78, 5) is 2.63. The highest BCUT2D eigenvalue weighted by atomic mass is 16.5. The summed E-state index contributed by atoms with van der Waals surface area (Å²) in [6.07, 6.45) is 9.43. The first-order valence-electron chi connectivity index (χ1n) is 6.69. The summed E-state index contributed by atoms with van der Waals surface area (Å²) in [6, 6.07) is 0. The van der Waals surface area contributed by atoms with Gasteiger partial charge in [0.2, 0.25) is 0 Å². The standard InChI is InChI=1S/C13H23NO/c1-2-14-10-12(6-4-3-5-7-12)15-13(11-14)8-9-13/h2-11H2,1H3. The number of hydrogen-bond acceptors (Lipinski definition) is 2. The molecule has 0 amide bonds. The van der Waals surface area contributed by atoms with Crippen LogP contribution in [0.2, 0.25) is 0 Å². The van der Waals surface area contributed by atoms with Crippen molar-refractivity contribution >= 4 is 0 Å². The molecule has 0 aromatic heterocycles. The summed E-state index contributed by atoms with van der Waals surface area (Å²) in [5.41, 5.74) is 0.550. The van der Waals surface area contributed by atoms with Crippen LogP contribution in [0, 0.1) is 0 Å². The van der Waals surface area contributed by atoms with E-state index in [2.05, 4.69) is 11.8 Å². The van der Waals surface area contributed by atoms with Gasteiger partial charge in [-0.05, 0) is 32.2 Å². The van der Waals surface area contributed by atoms with Gasteiger partial charge in [-0.2, -0.15) is 0 Å². The van der Waals surface area contributed by atoms with Crippen molar-refractivity contribution in [1.82, 2.24) is 4.90 Å². The predicted molar refractivity (Wildman–Crippen MR) is 61.0 cm³/mol. The monoisotopic (exact) mass is 209 g/mol. The Balaban J connectivity index is 1.76. The molecule has 86 valence electrons. The Morgan fingerprint density at radius 2 is 1.53 bits per heavy atom. The molecule has 0 aromatic rings. The van der Waals surface area contributed by atoms with Crippen molar-refractivity contribution < 1.29 is 4.74 Å². The van der Waals surface area contributed by atoms with Gasteiger partial charge < -0.3 is 4.74 Å². The van der Waals surface area contributed by atoms with Crippen LogP contribution in [-0.2, 0) is 4.74 Å². The van der Waals surface area contributed by atoms with Crippen LogP contribution in [-0.4, -0.2) is 35.7 Å². The van der Waals surface area contributed by atoms with Gasteiger partial charge in [0.25, 0.3) is 0 Å². The van der Waals surface area contributed by atoms with Crippen LogP contribution in [0.25, 0.3) is 0 Å². The number of hydrogen-bond donors (Lipinski definition) is 0. The summed E-state index contributed by atoms with van der Waals surface area (Å²) < 4.78 is 6.50. The van der Waals surface area contributed by atoms with E-state index in [9.17, 15) is 0 Å². The van der Waals surface area contributed by atoms with Crippen molar-refractivity contribution in [3.05, 3.63) is 0 Å². The van der Waals surface area contributed by atoms with Crippen molar-refractivity contribution in [2.45, 2.75) is 63.1 Å². The summed E-state index contributed by atoms with van der Waals surface area (Å²) >= 11 is 0. The molecule has 0 radical (unpaired) electrons. The summed E-state index contributed by atoms with van der Waals surface area (Å²) in [5, 5.41) is 0. The van der Waals surface area contributed by atoms with Crippen LogP contribution in [0.3, 0.4) is 0 Å². The fourth-order valence-corrected chi connectivity index (χ4v) is 3.47. The van der Waals surface area contributed by atoms with E-state index >= 15 is 0 Å². The van der Waals surface area contributed by atoms with E-state index in [0.29, 0.717) is 5.60 Å². The quantitative estimate of drug-likeness (QED) is 0.658. The van der Waals surface area contributed by atoms with E-state index in [1.165, 1.54) is 64.6 Å². The van der Waals surface area contributed by atoms with E-state index in [0.717, 1.165) is 0 Å². The smallest absolute Gasteiger partial charge is 0.0819 e. The molecule has 2 aliphatic carbocycles. The molecule has 3 aliphatic rings. The molecule has 0 unspecified atom stereocenters. The Kier molecular flexibility index (Phi) is 2.33. The summed E-state index contributed by atoms with van der Waals surface area (Å²) in [6.45, 7) is 5.89. The van der Waals surface area contributed by atoms with Crippen LogP contribution in [0.4, 0.5) is 0 Å². The van der Waals surface area contributed by atoms with Crippen molar-refractivity contribution in [1.29, 1.82) is 0 Å². The zero-order valence-corrected chi connectivity index (χ0v) is 9.93. The van der Waals surface area contributed by atoms with Crippen molar-refractivity contribution in [3.8, 4) is 0 Å². The van der Waals surface area contributed by atoms with E-state index < -0.39 is 0 Å². The maximum Gasteiger partial charge on any atom is 0.0819 e. The van der Waals surface area contributed by atoms with E-state index in [1.54, 1.807) is 0 Å². The maximum atomic E-state index is 6.50. The number of nitrogens with zero attached hydrogens (tertiary/aromatic N) is 1. The first-order chi connectivity index (χ1) is 7.26. The third-order valence-electron chi connectivity index (χ3n) is 4.48. The third kappa shape index (κ3) is 1.83. The molecule has 1 aliphatic heterocycles. The van der Waals surface area contributed by atoms with Crippen LogP contribution in [0.15, 0.2) is 0 Å². The van der Waals surface area contributed by atoms with Gasteiger partial charge in [0, 0.05) is 13.1 Å². The first kappa shape index (κ1) is 10.1. The molecule has 0 N–H and O–H groups in total. The van der Waals surface area contributed by atoms with Gasteiger partial charge in [0.15, 0.2) is 0 Å². The number of morpholine rings is 1. The molecule has 2 spiro atoms. The molecular formula is C13H23NO. The SMILES string of the molecule is CCN1CC2(CCCCC2)OC2(CC2)C1. The lowest BCUT2D eigenvalue weighted by Gasteiger charge is -2.48. The molecule has 1 heterocycles. The zero-order valence-electron chi connectivity index (χ0n) is 9.93. The van der Waals surface area contributed by atoms with E-state index in [-0.39, 0.29) is 5.60 Å². The van der Waals surface area contributed by atoms with Gasteiger partial charge in [-0.15, -0.1) is 0 Å². The number of rotatable bonds is 1. The lowest BCUT2D eigenvalue weighted by Crippen LogP contribution is -2.57. The van der Waals surface area contributed by atoms with Crippen LogP contribution >= 0.6 is 0 Å². The highest BCUT2D eigenvalue weighted by Gasteiger charge is 2.54. The Morgan fingerprint density at radius 3 is 2.07 bits per heavy atom. The first-order valence-corrected chi connectivity index (χ1v) is 6.69. The maximum absolute atomic E-state index is 6.50. The molecule has 2 nitrogen and oxygen atoms in total. The predicted octanol–water partition coefficient (Wildman–Crippen LogP) is 2.57. The number of likely N-dealkylation sites (N-methyl/N-ethyl adjacent to an activating group) is 1. The van der Waals surface area contributed by atoms with Gasteiger partial charge in [0.1, 0.15) is 0 Å². The molecule has 2 saturated carbocycles. The minimum absolute atomic E-state index is 0.253. The summed E-state index contributed by atoms with van der Waals surface area (Å²) in [7, 11) is 0. The van der Waals surface area contributed by atoms with Crippen LogP contribution in [0.5, 0.6) is 0 Å².